The number of nitrogens with one attached hydrogen (secondary N) is 2. The van der Waals surface area contributed by atoms with Gasteiger partial charge in [-0.1, -0.05) is 36.4 Å². The number of rotatable bonds is 7. The molecule has 0 spiro atoms. The van der Waals surface area contributed by atoms with Gasteiger partial charge in [0.05, 0.1) is 23.8 Å². The molecule has 0 unspecified atom stereocenters. The van der Waals surface area contributed by atoms with Gasteiger partial charge in [0.15, 0.2) is 0 Å². The first kappa shape index (κ1) is 18.0. The maximum atomic E-state index is 12.1. The summed E-state index contributed by atoms with van der Waals surface area (Å²) in [4.78, 5) is 16.7. The number of aryl methyl sites for hydroxylation is 2. The lowest BCUT2D eigenvalue weighted by Crippen LogP contribution is -2.29. The molecule has 28 heavy (non-hydrogen) atoms. The quantitative estimate of drug-likeness (QED) is 0.486. The van der Waals surface area contributed by atoms with Gasteiger partial charge in [0.1, 0.15) is 5.82 Å². The lowest BCUT2D eigenvalue weighted by atomic mass is 10.1. The van der Waals surface area contributed by atoms with E-state index in [1.54, 1.807) is 0 Å². The van der Waals surface area contributed by atoms with Crippen LogP contribution in [-0.4, -0.2) is 33.8 Å². The summed E-state index contributed by atoms with van der Waals surface area (Å²) in [6, 6.07) is 18.1. The fourth-order valence-corrected chi connectivity index (χ4v) is 3.33. The van der Waals surface area contributed by atoms with Gasteiger partial charge in [0.25, 0.3) is 0 Å². The zero-order valence-corrected chi connectivity index (χ0v) is 15.9. The third-order valence-corrected chi connectivity index (χ3v) is 4.78. The van der Waals surface area contributed by atoms with Gasteiger partial charge in [0, 0.05) is 30.3 Å². The number of nitrogens with zero attached hydrogens (tertiary/aromatic N) is 3. The van der Waals surface area contributed by atoms with Crippen molar-refractivity contribution in [1.29, 1.82) is 0 Å². The maximum absolute atomic E-state index is 12.1. The average molecular weight is 373 g/mol. The van der Waals surface area contributed by atoms with Crippen LogP contribution in [-0.2, 0) is 11.3 Å². The van der Waals surface area contributed by atoms with E-state index in [9.17, 15) is 4.79 Å². The van der Waals surface area contributed by atoms with Crippen LogP contribution in [0.4, 0.5) is 5.82 Å². The van der Waals surface area contributed by atoms with Gasteiger partial charge in [-0.05, 0) is 30.7 Å². The van der Waals surface area contributed by atoms with Gasteiger partial charge in [-0.25, -0.2) is 4.98 Å². The highest BCUT2D eigenvalue weighted by Crippen LogP contribution is 2.19. The predicted molar refractivity (Wildman–Crippen MR) is 112 cm³/mol. The molecular weight excluding hydrogens is 350 g/mol. The summed E-state index contributed by atoms with van der Waals surface area (Å²) in [7, 11) is 0. The van der Waals surface area contributed by atoms with Crippen LogP contribution in [0.5, 0.6) is 0 Å². The van der Waals surface area contributed by atoms with Crippen LogP contribution in [0.15, 0.2) is 60.8 Å². The average Bonchev–Trinajstić information content (AvgIpc) is 3.13. The molecule has 2 aromatic carbocycles. The SMILES string of the molecule is Cc1cc(NCCNC(=O)CCn2ncc3ccccc32)nc2ccccc12. The van der Waals surface area contributed by atoms with Crippen molar-refractivity contribution in [3.63, 3.8) is 0 Å². The molecule has 1 amide bonds. The molecule has 142 valence electrons. The fourth-order valence-electron chi connectivity index (χ4n) is 3.33. The summed E-state index contributed by atoms with van der Waals surface area (Å²) >= 11 is 0. The van der Waals surface area contributed by atoms with Crippen molar-refractivity contribution in [2.24, 2.45) is 0 Å². The van der Waals surface area contributed by atoms with E-state index in [-0.39, 0.29) is 5.91 Å². The second-order valence-electron chi connectivity index (χ2n) is 6.79. The van der Waals surface area contributed by atoms with Crippen LogP contribution in [0.2, 0.25) is 0 Å². The Hall–Kier alpha value is -3.41. The van der Waals surface area contributed by atoms with E-state index in [4.69, 9.17) is 0 Å². The van der Waals surface area contributed by atoms with E-state index in [1.807, 2.05) is 59.4 Å². The van der Waals surface area contributed by atoms with Gasteiger partial charge in [0.2, 0.25) is 5.91 Å². The molecular formula is C22H23N5O. The minimum atomic E-state index is 0.0176. The number of hydrogen-bond donors (Lipinski definition) is 2. The molecule has 4 rings (SSSR count). The molecule has 6 heteroatoms. The third-order valence-electron chi connectivity index (χ3n) is 4.78. The molecule has 0 atom stereocenters. The third kappa shape index (κ3) is 3.96. The Kier molecular flexibility index (Phi) is 5.19. The summed E-state index contributed by atoms with van der Waals surface area (Å²) in [5.41, 5.74) is 3.21. The van der Waals surface area contributed by atoms with Crippen molar-refractivity contribution < 1.29 is 4.79 Å². The Morgan fingerprint density at radius 3 is 2.82 bits per heavy atom. The number of fused-ring (bicyclic) bond motifs is 2. The summed E-state index contributed by atoms with van der Waals surface area (Å²) in [6.07, 6.45) is 2.23. The van der Waals surface area contributed by atoms with E-state index in [0.717, 1.165) is 27.6 Å². The number of carbonyl (C=O) groups is 1. The minimum absolute atomic E-state index is 0.0176. The lowest BCUT2D eigenvalue weighted by Gasteiger charge is -2.10. The summed E-state index contributed by atoms with van der Waals surface area (Å²) < 4.78 is 1.87. The molecule has 2 N–H and O–H groups in total. The zero-order valence-electron chi connectivity index (χ0n) is 15.9. The summed E-state index contributed by atoms with van der Waals surface area (Å²) in [6.45, 7) is 3.82. The molecule has 4 aromatic rings. The van der Waals surface area contributed by atoms with Gasteiger partial charge in [-0.3, -0.25) is 9.48 Å². The Labute approximate surface area is 163 Å². The summed E-state index contributed by atoms with van der Waals surface area (Å²) in [5.74, 6) is 0.845. The number of pyridine rings is 1. The normalized spacial score (nSPS) is 11.0. The van der Waals surface area contributed by atoms with Crippen molar-refractivity contribution in [3.05, 3.63) is 66.4 Å². The minimum Gasteiger partial charge on any atom is -0.368 e. The molecule has 0 aliphatic heterocycles. The van der Waals surface area contributed by atoms with Crippen LogP contribution in [0, 0.1) is 6.92 Å². The standard InChI is InChI=1S/C22H23N5O/c1-16-14-21(26-19-8-4-3-7-18(16)19)23-11-12-24-22(28)10-13-27-20-9-5-2-6-17(20)15-25-27/h2-9,14-15H,10-13H2,1H3,(H,23,26)(H,24,28). The number of amides is 1. The highest BCUT2D eigenvalue weighted by atomic mass is 16.1. The highest BCUT2D eigenvalue weighted by Gasteiger charge is 2.06. The summed E-state index contributed by atoms with van der Waals surface area (Å²) in [5, 5.41) is 12.8. The molecule has 0 fully saturated rings. The predicted octanol–water partition coefficient (Wildman–Crippen LogP) is 3.51. The Morgan fingerprint density at radius 2 is 1.89 bits per heavy atom. The first-order valence-electron chi connectivity index (χ1n) is 9.48. The molecule has 0 aliphatic rings. The van der Waals surface area contributed by atoms with Crippen molar-refractivity contribution in [2.75, 3.05) is 18.4 Å². The molecule has 0 radical (unpaired) electrons. The van der Waals surface area contributed by atoms with Gasteiger partial charge in [-0.2, -0.15) is 5.10 Å². The number of benzene rings is 2. The van der Waals surface area contributed by atoms with E-state index >= 15 is 0 Å². The van der Waals surface area contributed by atoms with Gasteiger partial charge >= 0.3 is 0 Å². The van der Waals surface area contributed by atoms with E-state index in [0.29, 0.717) is 26.1 Å². The smallest absolute Gasteiger partial charge is 0.221 e. The molecule has 0 saturated carbocycles. The van der Waals surface area contributed by atoms with Crippen molar-refractivity contribution in [1.82, 2.24) is 20.1 Å². The van der Waals surface area contributed by atoms with Crippen LogP contribution in [0.25, 0.3) is 21.8 Å². The van der Waals surface area contributed by atoms with Crippen molar-refractivity contribution in [2.45, 2.75) is 19.9 Å². The van der Waals surface area contributed by atoms with E-state index in [2.05, 4.69) is 33.7 Å². The Bertz CT molecular complexity index is 1120. The van der Waals surface area contributed by atoms with E-state index in [1.165, 1.54) is 5.56 Å². The first-order chi connectivity index (χ1) is 13.7. The number of anilines is 1. The first-order valence-corrected chi connectivity index (χ1v) is 9.48. The van der Waals surface area contributed by atoms with Crippen LogP contribution >= 0.6 is 0 Å². The van der Waals surface area contributed by atoms with Crippen molar-refractivity contribution in [3.8, 4) is 0 Å². The van der Waals surface area contributed by atoms with Gasteiger partial charge in [-0.15, -0.1) is 0 Å². The molecule has 6 nitrogen and oxygen atoms in total. The number of aromatic nitrogens is 3. The molecule has 2 heterocycles. The topological polar surface area (TPSA) is 71.8 Å². The largest absolute Gasteiger partial charge is 0.368 e. The number of para-hydroxylation sites is 2. The Morgan fingerprint density at radius 1 is 1.07 bits per heavy atom. The van der Waals surface area contributed by atoms with Gasteiger partial charge < -0.3 is 10.6 Å². The maximum Gasteiger partial charge on any atom is 0.221 e. The molecule has 0 bridgehead atoms. The monoisotopic (exact) mass is 373 g/mol. The second kappa shape index (κ2) is 8.08. The zero-order chi connectivity index (χ0) is 19.3. The van der Waals surface area contributed by atoms with Crippen molar-refractivity contribution >= 4 is 33.5 Å². The van der Waals surface area contributed by atoms with Crippen LogP contribution in [0.1, 0.15) is 12.0 Å². The number of carbonyl (C=O) groups excluding carboxylic acids is 1. The molecule has 2 aromatic heterocycles. The molecule has 0 aliphatic carbocycles. The number of hydrogen-bond acceptors (Lipinski definition) is 4. The van der Waals surface area contributed by atoms with E-state index < -0.39 is 0 Å². The Balaban J connectivity index is 1.24. The molecule has 0 saturated heterocycles. The lowest BCUT2D eigenvalue weighted by molar-refractivity contribution is -0.121. The van der Waals surface area contributed by atoms with Crippen LogP contribution < -0.4 is 10.6 Å². The fraction of sp³-hybridized carbons (Fsp3) is 0.227. The second-order valence-corrected chi connectivity index (χ2v) is 6.79. The van der Waals surface area contributed by atoms with Crippen LogP contribution in [0.3, 0.4) is 0 Å². The highest BCUT2D eigenvalue weighted by molar-refractivity contribution is 5.83.